The largest absolute Gasteiger partial charge is 0.356 e. The van der Waals surface area contributed by atoms with Crippen molar-refractivity contribution in [2.24, 2.45) is 11.8 Å². The van der Waals surface area contributed by atoms with Crippen molar-refractivity contribution in [1.29, 1.82) is 0 Å². The Hall–Kier alpha value is -0.280. The van der Waals surface area contributed by atoms with Crippen LogP contribution in [0.5, 0.6) is 0 Å². The van der Waals surface area contributed by atoms with Gasteiger partial charge in [-0.2, -0.15) is 0 Å². The molecule has 0 radical (unpaired) electrons. The molecule has 1 rings (SSSR count). The normalized spacial score (nSPS) is 27.5. The van der Waals surface area contributed by atoms with E-state index in [9.17, 15) is 4.79 Å². The van der Waals surface area contributed by atoms with Crippen LogP contribution in [0.2, 0.25) is 0 Å². The average Bonchev–Trinajstić information content (AvgIpc) is 2.48. The highest BCUT2D eigenvalue weighted by molar-refractivity contribution is 6.18. The number of nitrogens with one attached hydrogen (secondary N) is 2. The molecule has 0 unspecified atom stereocenters. The van der Waals surface area contributed by atoms with E-state index in [-0.39, 0.29) is 5.91 Å². The summed E-state index contributed by atoms with van der Waals surface area (Å²) in [5.74, 6) is 1.72. The molecular weight excluding hydrogens is 188 g/mol. The van der Waals surface area contributed by atoms with Crippen molar-refractivity contribution in [3.8, 4) is 0 Å². The third-order valence-corrected chi connectivity index (χ3v) is 2.75. The molecular formula is C9H17ClN2O. The minimum absolute atomic E-state index is 0.0640. The number of hydrogen-bond acceptors (Lipinski definition) is 2. The highest BCUT2D eigenvalue weighted by Crippen LogP contribution is 2.14. The molecule has 4 heteroatoms. The second-order valence-corrected chi connectivity index (χ2v) is 4.02. The van der Waals surface area contributed by atoms with Crippen LogP contribution < -0.4 is 10.6 Å². The van der Waals surface area contributed by atoms with E-state index < -0.39 is 0 Å². The molecule has 13 heavy (non-hydrogen) atoms. The molecule has 1 heterocycles. The molecule has 0 aromatic rings. The van der Waals surface area contributed by atoms with Gasteiger partial charge in [-0.25, -0.2) is 0 Å². The summed E-state index contributed by atoms with van der Waals surface area (Å²) in [6.07, 6.45) is 0.427. The molecule has 0 spiro atoms. The number of halogens is 1. The molecule has 76 valence electrons. The van der Waals surface area contributed by atoms with Crippen LogP contribution in [-0.2, 0) is 4.79 Å². The van der Waals surface area contributed by atoms with Crippen molar-refractivity contribution in [1.82, 2.24) is 10.6 Å². The van der Waals surface area contributed by atoms with Gasteiger partial charge in [0.1, 0.15) is 0 Å². The molecule has 1 aliphatic rings. The number of carbonyl (C=O) groups excluding carboxylic acids is 1. The van der Waals surface area contributed by atoms with Crippen LogP contribution in [0.4, 0.5) is 0 Å². The van der Waals surface area contributed by atoms with Gasteiger partial charge in [0.05, 0.1) is 0 Å². The fourth-order valence-corrected chi connectivity index (χ4v) is 1.73. The predicted molar refractivity (Wildman–Crippen MR) is 53.9 cm³/mol. The van der Waals surface area contributed by atoms with Crippen molar-refractivity contribution in [2.75, 3.05) is 25.5 Å². The Balaban J connectivity index is 2.14. The van der Waals surface area contributed by atoms with Crippen LogP contribution in [0.15, 0.2) is 0 Å². The quantitative estimate of drug-likeness (QED) is 0.659. The maximum absolute atomic E-state index is 11.1. The third kappa shape index (κ3) is 3.53. The van der Waals surface area contributed by atoms with E-state index in [1.54, 1.807) is 0 Å². The van der Waals surface area contributed by atoms with Gasteiger partial charge in [-0.3, -0.25) is 4.79 Å². The summed E-state index contributed by atoms with van der Waals surface area (Å²) in [7, 11) is 0. The number of carbonyl (C=O) groups is 1. The lowest BCUT2D eigenvalue weighted by molar-refractivity contribution is -0.120. The second kappa shape index (κ2) is 5.45. The minimum atomic E-state index is 0.0640. The highest BCUT2D eigenvalue weighted by Gasteiger charge is 2.22. The van der Waals surface area contributed by atoms with Gasteiger partial charge in [0.15, 0.2) is 0 Å². The summed E-state index contributed by atoms with van der Waals surface area (Å²) in [6, 6.07) is 0. The third-order valence-electron chi connectivity index (χ3n) is 2.56. The Morgan fingerprint density at radius 2 is 2.38 bits per heavy atom. The number of hydrogen-bond donors (Lipinski definition) is 2. The van der Waals surface area contributed by atoms with Crippen molar-refractivity contribution in [2.45, 2.75) is 13.3 Å². The average molecular weight is 205 g/mol. The van der Waals surface area contributed by atoms with Crippen molar-refractivity contribution in [3.05, 3.63) is 0 Å². The molecule has 0 aromatic carbocycles. The molecule has 1 aliphatic heterocycles. The molecule has 1 fully saturated rings. The second-order valence-electron chi connectivity index (χ2n) is 3.64. The zero-order valence-electron chi connectivity index (χ0n) is 7.98. The van der Waals surface area contributed by atoms with E-state index in [1.165, 1.54) is 0 Å². The summed E-state index contributed by atoms with van der Waals surface area (Å²) in [5, 5.41) is 6.19. The Labute approximate surface area is 84.2 Å². The molecule has 0 aromatic heterocycles. The molecule has 3 nitrogen and oxygen atoms in total. The Morgan fingerprint density at radius 3 is 2.92 bits per heavy atom. The summed E-state index contributed by atoms with van der Waals surface area (Å²) < 4.78 is 0. The SMILES string of the molecule is C[C@@H]1CNC[C@H]1CNC(=O)CCCl. The first-order valence-electron chi connectivity index (χ1n) is 4.77. The molecule has 0 aliphatic carbocycles. The van der Waals surface area contributed by atoms with Gasteiger partial charge >= 0.3 is 0 Å². The molecule has 0 saturated carbocycles. The topological polar surface area (TPSA) is 41.1 Å². The molecule has 2 N–H and O–H groups in total. The maximum atomic E-state index is 11.1. The summed E-state index contributed by atoms with van der Waals surface area (Å²) in [6.45, 7) is 5.07. The van der Waals surface area contributed by atoms with Gasteiger partial charge in [0, 0.05) is 18.8 Å². The molecule has 1 saturated heterocycles. The van der Waals surface area contributed by atoms with E-state index >= 15 is 0 Å². The number of alkyl halides is 1. The van der Waals surface area contributed by atoms with Crippen LogP contribution in [-0.4, -0.2) is 31.4 Å². The van der Waals surface area contributed by atoms with Crippen LogP contribution in [0, 0.1) is 11.8 Å². The van der Waals surface area contributed by atoms with Gasteiger partial charge in [-0.1, -0.05) is 6.92 Å². The van der Waals surface area contributed by atoms with Gasteiger partial charge in [0.25, 0.3) is 0 Å². The minimum Gasteiger partial charge on any atom is -0.356 e. The summed E-state index contributed by atoms with van der Waals surface area (Å²) in [4.78, 5) is 11.1. The van der Waals surface area contributed by atoms with Crippen LogP contribution >= 0.6 is 11.6 Å². The van der Waals surface area contributed by atoms with Crippen LogP contribution in [0.25, 0.3) is 0 Å². The first kappa shape index (κ1) is 10.8. The van der Waals surface area contributed by atoms with E-state index in [1.807, 2.05) is 0 Å². The molecule has 0 bridgehead atoms. The fraction of sp³-hybridized carbons (Fsp3) is 0.889. The Morgan fingerprint density at radius 1 is 1.62 bits per heavy atom. The van der Waals surface area contributed by atoms with E-state index in [0.717, 1.165) is 19.6 Å². The first-order chi connectivity index (χ1) is 6.24. The van der Waals surface area contributed by atoms with Gasteiger partial charge < -0.3 is 10.6 Å². The molecule has 1 amide bonds. The standard InChI is InChI=1S/C9H17ClN2O/c1-7-4-11-5-8(7)6-12-9(13)2-3-10/h7-8,11H,2-6H2,1H3,(H,12,13)/t7-,8+/m1/s1. The van der Waals surface area contributed by atoms with E-state index in [4.69, 9.17) is 11.6 Å². The highest BCUT2D eigenvalue weighted by atomic mass is 35.5. The Kier molecular flexibility index (Phi) is 4.53. The number of rotatable bonds is 4. The summed E-state index contributed by atoms with van der Waals surface area (Å²) >= 11 is 5.45. The lowest BCUT2D eigenvalue weighted by Crippen LogP contribution is -2.32. The maximum Gasteiger partial charge on any atom is 0.221 e. The van der Waals surface area contributed by atoms with Crippen LogP contribution in [0.3, 0.4) is 0 Å². The Bertz CT molecular complexity index is 175. The monoisotopic (exact) mass is 204 g/mol. The lowest BCUT2D eigenvalue weighted by atomic mass is 9.98. The van der Waals surface area contributed by atoms with Crippen LogP contribution in [0.1, 0.15) is 13.3 Å². The fourth-order valence-electron chi connectivity index (χ4n) is 1.56. The lowest BCUT2D eigenvalue weighted by Gasteiger charge is -2.14. The van der Waals surface area contributed by atoms with E-state index in [2.05, 4.69) is 17.6 Å². The zero-order valence-corrected chi connectivity index (χ0v) is 8.73. The smallest absolute Gasteiger partial charge is 0.221 e. The van der Waals surface area contributed by atoms with Gasteiger partial charge in [0.2, 0.25) is 5.91 Å². The van der Waals surface area contributed by atoms with Crippen molar-refractivity contribution >= 4 is 17.5 Å². The first-order valence-corrected chi connectivity index (χ1v) is 5.31. The van der Waals surface area contributed by atoms with Crippen molar-refractivity contribution in [3.63, 3.8) is 0 Å². The summed E-state index contributed by atoms with van der Waals surface area (Å²) in [5.41, 5.74) is 0. The van der Waals surface area contributed by atoms with Gasteiger partial charge in [-0.15, -0.1) is 11.6 Å². The predicted octanol–water partition coefficient (Wildman–Crippen LogP) is 0.587. The van der Waals surface area contributed by atoms with E-state index in [0.29, 0.717) is 24.1 Å². The zero-order chi connectivity index (χ0) is 9.68. The molecule has 2 atom stereocenters. The van der Waals surface area contributed by atoms with Crippen molar-refractivity contribution < 1.29 is 4.79 Å². The number of amides is 1. The van der Waals surface area contributed by atoms with Gasteiger partial charge in [-0.05, 0) is 24.9 Å².